The van der Waals surface area contributed by atoms with Crippen LogP contribution in [-0.2, 0) is 12.0 Å². The lowest BCUT2D eigenvalue weighted by atomic mass is 9.93. The van der Waals surface area contributed by atoms with Crippen molar-refractivity contribution in [1.82, 2.24) is 4.98 Å². The minimum atomic E-state index is 0.0811. The standard InChI is InChI=1S/C16H22N2OS/c1-10-6-7-12(17)11(2)15(10)19-8-14-18-13(9-20-14)16(3,4)5/h6-7,9H,8,17H2,1-5H3. The lowest BCUT2D eigenvalue weighted by molar-refractivity contribution is 0.301. The van der Waals surface area contributed by atoms with Crippen molar-refractivity contribution in [1.29, 1.82) is 0 Å². The topological polar surface area (TPSA) is 48.1 Å². The molecule has 0 aliphatic rings. The van der Waals surface area contributed by atoms with Gasteiger partial charge in [-0.2, -0.15) is 0 Å². The quantitative estimate of drug-likeness (QED) is 0.861. The summed E-state index contributed by atoms with van der Waals surface area (Å²) >= 11 is 1.64. The lowest BCUT2D eigenvalue weighted by Crippen LogP contribution is -2.11. The molecule has 0 unspecified atom stereocenters. The summed E-state index contributed by atoms with van der Waals surface area (Å²) in [6.45, 7) is 11.0. The van der Waals surface area contributed by atoms with E-state index in [1.165, 1.54) is 0 Å². The molecule has 0 saturated heterocycles. The van der Waals surface area contributed by atoms with Crippen molar-refractivity contribution in [2.45, 2.75) is 46.6 Å². The van der Waals surface area contributed by atoms with Crippen LogP contribution in [0.25, 0.3) is 0 Å². The highest BCUT2D eigenvalue weighted by Gasteiger charge is 2.17. The summed E-state index contributed by atoms with van der Waals surface area (Å²) < 4.78 is 5.93. The summed E-state index contributed by atoms with van der Waals surface area (Å²) in [5, 5.41) is 3.11. The number of benzene rings is 1. The number of nitrogens with zero attached hydrogens (tertiary/aromatic N) is 1. The van der Waals surface area contributed by atoms with Gasteiger partial charge in [0, 0.05) is 22.0 Å². The second-order valence-electron chi connectivity index (χ2n) is 6.09. The SMILES string of the molecule is Cc1ccc(N)c(C)c1OCc1nc(C(C)(C)C)cs1. The van der Waals surface area contributed by atoms with Gasteiger partial charge >= 0.3 is 0 Å². The molecule has 20 heavy (non-hydrogen) atoms. The minimum Gasteiger partial charge on any atom is -0.486 e. The average Bonchev–Trinajstić information content (AvgIpc) is 2.83. The number of anilines is 1. The first-order valence-electron chi connectivity index (χ1n) is 6.72. The van der Waals surface area contributed by atoms with Crippen LogP contribution in [0.1, 0.15) is 42.6 Å². The molecular weight excluding hydrogens is 268 g/mol. The number of aryl methyl sites for hydroxylation is 1. The number of hydrogen-bond acceptors (Lipinski definition) is 4. The van der Waals surface area contributed by atoms with Crippen LogP contribution in [0, 0.1) is 13.8 Å². The van der Waals surface area contributed by atoms with Crippen LogP contribution < -0.4 is 10.5 Å². The molecule has 0 spiro atoms. The Morgan fingerprint density at radius 2 is 1.95 bits per heavy atom. The van der Waals surface area contributed by atoms with Crippen LogP contribution in [0.2, 0.25) is 0 Å². The number of thiazole rings is 1. The van der Waals surface area contributed by atoms with Gasteiger partial charge in [0.2, 0.25) is 0 Å². The monoisotopic (exact) mass is 290 g/mol. The molecule has 0 atom stereocenters. The van der Waals surface area contributed by atoms with E-state index in [9.17, 15) is 0 Å². The normalized spacial score (nSPS) is 11.7. The van der Waals surface area contributed by atoms with E-state index in [2.05, 4.69) is 31.1 Å². The summed E-state index contributed by atoms with van der Waals surface area (Å²) in [7, 11) is 0. The van der Waals surface area contributed by atoms with Crippen LogP contribution in [0.5, 0.6) is 5.75 Å². The fourth-order valence-corrected chi connectivity index (χ4v) is 2.85. The Morgan fingerprint density at radius 3 is 2.55 bits per heavy atom. The van der Waals surface area contributed by atoms with E-state index in [1.807, 2.05) is 26.0 Å². The molecule has 2 N–H and O–H groups in total. The van der Waals surface area contributed by atoms with Crippen LogP contribution in [0.15, 0.2) is 17.5 Å². The molecule has 2 aromatic rings. The van der Waals surface area contributed by atoms with Crippen LogP contribution in [-0.4, -0.2) is 4.98 Å². The van der Waals surface area contributed by atoms with E-state index >= 15 is 0 Å². The molecule has 2 rings (SSSR count). The number of nitrogen functional groups attached to an aromatic ring is 1. The van der Waals surface area contributed by atoms with E-state index in [-0.39, 0.29) is 5.41 Å². The van der Waals surface area contributed by atoms with Crippen LogP contribution in [0.4, 0.5) is 5.69 Å². The second kappa shape index (κ2) is 5.44. The molecule has 4 heteroatoms. The van der Waals surface area contributed by atoms with Crippen molar-refractivity contribution in [2.75, 3.05) is 5.73 Å². The number of nitrogens with two attached hydrogens (primary N) is 1. The van der Waals surface area contributed by atoms with E-state index < -0.39 is 0 Å². The van der Waals surface area contributed by atoms with E-state index in [1.54, 1.807) is 11.3 Å². The second-order valence-corrected chi connectivity index (χ2v) is 7.03. The first-order valence-corrected chi connectivity index (χ1v) is 7.60. The van der Waals surface area contributed by atoms with Gasteiger partial charge in [-0.1, -0.05) is 26.8 Å². The van der Waals surface area contributed by atoms with Crippen molar-refractivity contribution in [3.63, 3.8) is 0 Å². The van der Waals surface area contributed by atoms with Crippen LogP contribution >= 0.6 is 11.3 Å². The van der Waals surface area contributed by atoms with Crippen molar-refractivity contribution < 1.29 is 4.74 Å². The maximum Gasteiger partial charge on any atom is 0.140 e. The Hall–Kier alpha value is -1.55. The molecule has 3 nitrogen and oxygen atoms in total. The number of ether oxygens (including phenoxy) is 1. The fraction of sp³-hybridized carbons (Fsp3) is 0.438. The van der Waals surface area contributed by atoms with Gasteiger partial charge in [0.25, 0.3) is 0 Å². The Bertz CT molecular complexity index is 611. The third-order valence-electron chi connectivity index (χ3n) is 3.30. The highest BCUT2D eigenvalue weighted by atomic mass is 32.1. The molecule has 1 aromatic heterocycles. The number of rotatable bonds is 3. The number of hydrogen-bond donors (Lipinski definition) is 1. The summed E-state index contributed by atoms with van der Waals surface area (Å²) in [4.78, 5) is 4.64. The third kappa shape index (κ3) is 3.12. The molecule has 108 valence electrons. The first-order chi connectivity index (χ1) is 9.29. The van der Waals surface area contributed by atoms with Gasteiger partial charge in [-0.05, 0) is 25.5 Å². The molecule has 1 heterocycles. The zero-order valence-corrected chi connectivity index (χ0v) is 13.6. The Balaban J connectivity index is 2.14. The largest absolute Gasteiger partial charge is 0.486 e. The molecule has 0 aliphatic heterocycles. The molecule has 0 amide bonds. The van der Waals surface area contributed by atoms with Gasteiger partial charge in [0.1, 0.15) is 17.4 Å². The highest BCUT2D eigenvalue weighted by molar-refractivity contribution is 7.09. The molecule has 0 fully saturated rings. The van der Waals surface area contributed by atoms with Gasteiger partial charge in [-0.3, -0.25) is 0 Å². The van der Waals surface area contributed by atoms with Gasteiger partial charge < -0.3 is 10.5 Å². The summed E-state index contributed by atoms with van der Waals surface area (Å²) in [5.74, 6) is 0.873. The fourth-order valence-electron chi connectivity index (χ4n) is 1.92. The maximum atomic E-state index is 5.93. The van der Waals surface area contributed by atoms with Gasteiger partial charge in [-0.15, -0.1) is 11.3 Å². The van der Waals surface area contributed by atoms with Crippen molar-refractivity contribution in [3.8, 4) is 5.75 Å². The van der Waals surface area contributed by atoms with Crippen molar-refractivity contribution in [3.05, 3.63) is 39.3 Å². The average molecular weight is 290 g/mol. The van der Waals surface area contributed by atoms with Gasteiger partial charge in [-0.25, -0.2) is 4.98 Å². The third-order valence-corrected chi connectivity index (χ3v) is 4.13. The smallest absolute Gasteiger partial charge is 0.140 e. The predicted octanol–water partition coefficient (Wildman–Crippen LogP) is 4.22. The Morgan fingerprint density at radius 1 is 1.25 bits per heavy atom. The van der Waals surface area contributed by atoms with Crippen molar-refractivity contribution in [2.24, 2.45) is 0 Å². The van der Waals surface area contributed by atoms with E-state index in [0.717, 1.165) is 33.3 Å². The zero-order chi connectivity index (χ0) is 14.9. The molecule has 0 saturated carbocycles. The number of aromatic nitrogens is 1. The molecule has 1 aromatic carbocycles. The Kier molecular flexibility index (Phi) is 4.04. The Labute approximate surface area is 124 Å². The first kappa shape index (κ1) is 14.9. The maximum absolute atomic E-state index is 5.93. The van der Waals surface area contributed by atoms with E-state index in [0.29, 0.717) is 6.61 Å². The highest BCUT2D eigenvalue weighted by Crippen LogP contribution is 2.29. The van der Waals surface area contributed by atoms with Crippen molar-refractivity contribution >= 4 is 17.0 Å². The van der Waals surface area contributed by atoms with E-state index in [4.69, 9.17) is 10.5 Å². The summed E-state index contributed by atoms with van der Waals surface area (Å²) in [5.41, 5.74) is 9.98. The summed E-state index contributed by atoms with van der Waals surface area (Å²) in [6.07, 6.45) is 0. The predicted molar refractivity (Wildman–Crippen MR) is 85.5 cm³/mol. The molecule has 0 radical (unpaired) electrons. The molecular formula is C16H22N2OS. The molecule has 0 aliphatic carbocycles. The lowest BCUT2D eigenvalue weighted by Gasteiger charge is -2.14. The summed E-state index contributed by atoms with van der Waals surface area (Å²) in [6, 6.07) is 3.90. The van der Waals surface area contributed by atoms with Gasteiger partial charge in [0.15, 0.2) is 0 Å². The minimum absolute atomic E-state index is 0.0811. The van der Waals surface area contributed by atoms with Gasteiger partial charge in [0.05, 0.1) is 5.69 Å². The van der Waals surface area contributed by atoms with Crippen LogP contribution in [0.3, 0.4) is 0 Å². The zero-order valence-electron chi connectivity index (χ0n) is 12.8. The molecule has 0 bridgehead atoms.